The van der Waals surface area contributed by atoms with Gasteiger partial charge in [0.05, 0.1) is 4.47 Å². The van der Waals surface area contributed by atoms with E-state index >= 15 is 0 Å². The van der Waals surface area contributed by atoms with Crippen molar-refractivity contribution < 1.29 is 9.21 Å². The van der Waals surface area contributed by atoms with Gasteiger partial charge in [0.25, 0.3) is 0 Å². The molecule has 0 bridgehead atoms. The van der Waals surface area contributed by atoms with Crippen LogP contribution in [0.2, 0.25) is 0 Å². The Morgan fingerprint density at radius 2 is 1.77 bits per heavy atom. The first-order valence-corrected chi connectivity index (χ1v) is 8.13. The highest BCUT2D eigenvalue weighted by Gasteiger charge is 2.13. The minimum absolute atomic E-state index is 0.0203. The van der Waals surface area contributed by atoms with E-state index in [1.807, 2.05) is 12.1 Å². The second-order valence-electron chi connectivity index (χ2n) is 4.83. The molecule has 5 heteroatoms. The van der Waals surface area contributed by atoms with Crippen LogP contribution in [0.5, 0.6) is 0 Å². The second kappa shape index (κ2) is 6.18. The third-order valence-electron chi connectivity index (χ3n) is 3.27. The average Bonchev–Trinajstić information content (AvgIpc) is 2.50. The first kappa shape index (κ1) is 15.2. The van der Waals surface area contributed by atoms with Crippen LogP contribution in [0, 0.1) is 0 Å². The van der Waals surface area contributed by atoms with Crippen molar-refractivity contribution >= 4 is 48.6 Å². The lowest BCUT2D eigenvalue weighted by Crippen LogP contribution is -2.13. The number of hydrogen-bond acceptors (Lipinski definition) is 3. The fourth-order valence-corrected chi connectivity index (χ4v) is 3.56. The van der Waals surface area contributed by atoms with Crippen molar-refractivity contribution in [2.75, 3.05) is 0 Å². The zero-order valence-corrected chi connectivity index (χ0v) is 14.5. The minimum atomic E-state index is -0.486. The quantitative estimate of drug-likeness (QED) is 0.453. The van der Waals surface area contributed by atoms with Crippen LogP contribution in [0.25, 0.3) is 11.0 Å². The van der Waals surface area contributed by atoms with Crippen molar-refractivity contribution in [3.05, 3.63) is 79.0 Å². The SMILES string of the molecule is O=C(Cc1cc2cc(Br)cc(Br)c2oc1=O)c1ccccc1. The van der Waals surface area contributed by atoms with Crippen LogP contribution >= 0.6 is 31.9 Å². The fraction of sp³-hybridized carbons (Fsp3) is 0.0588. The molecule has 0 atom stereocenters. The molecular weight excluding hydrogens is 412 g/mol. The molecule has 0 unspecified atom stereocenters. The lowest BCUT2D eigenvalue weighted by atomic mass is 10.0. The molecule has 0 fully saturated rings. The van der Waals surface area contributed by atoms with E-state index < -0.39 is 5.63 Å². The number of Topliss-reactive ketones (excluding diaryl/α,β-unsaturated/α-hetero) is 1. The molecule has 0 N–H and O–H groups in total. The highest BCUT2D eigenvalue weighted by Crippen LogP contribution is 2.28. The highest BCUT2D eigenvalue weighted by molar-refractivity contribution is 9.11. The summed E-state index contributed by atoms with van der Waals surface area (Å²) in [6, 6.07) is 14.3. The Balaban J connectivity index is 2.03. The predicted octanol–water partition coefficient (Wildman–Crippen LogP) is 4.74. The molecule has 3 rings (SSSR count). The molecule has 0 aliphatic carbocycles. The summed E-state index contributed by atoms with van der Waals surface area (Å²) in [5.41, 5.74) is 0.924. The molecule has 0 aliphatic heterocycles. The Morgan fingerprint density at radius 1 is 1.05 bits per heavy atom. The molecular formula is C17H10Br2O3. The molecule has 0 spiro atoms. The van der Waals surface area contributed by atoms with E-state index in [0.29, 0.717) is 21.2 Å². The molecule has 0 saturated heterocycles. The predicted molar refractivity (Wildman–Crippen MR) is 92.4 cm³/mol. The first-order chi connectivity index (χ1) is 10.5. The zero-order chi connectivity index (χ0) is 15.7. The molecule has 3 nitrogen and oxygen atoms in total. The van der Waals surface area contributed by atoms with Crippen LogP contribution in [-0.2, 0) is 6.42 Å². The van der Waals surface area contributed by atoms with E-state index in [2.05, 4.69) is 31.9 Å². The van der Waals surface area contributed by atoms with Crippen molar-refractivity contribution in [2.24, 2.45) is 0 Å². The van der Waals surface area contributed by atoms with Gasteiger partial charge in [0.1, 0.15) is 0 Å². The number of carbonyl (C=O) groups is 1. The van der Waals surface area contributed by atoms with Gasteiger partial charge in [-0.05, 0) is 34.1 Å². The third-order valence-corrected chi connectivity index (χ3v) is 4.32. The maximum Gasteiger partial charge on any atom is 0.339 e. The Labute approximate surface area is 143 Å². The van der Waals surface area contributed by atoms with Gasteiger partial charge >= 0.3 is 5.63 Å². The number of halogens is 2. The standard InChI is InChI=1S/C17H10Br2O3/c18-13-7-11-6-12(17(21)22-16(11)14(19)9-13)8-15(20)10-4-2-1-3-5-10/h1-7,9H,8H2. The molecule has 0 amide bonds. The van der Waals surface area contributed by atoms with Gasteiger partial charge in [0.2, 0.25) is 0 Å². The second-order valence-corrected chi connectivity index (χ2v) is 6.60. The Morgan fingerprint density at radius 3 is 2.50 bits per heavy atom. The third kappa shape index (κ3) is 3.05. The van der Waals surface area contributed by atoms with Gasteiger partial charge in [-0.3, -0.25) is 4.79 Å². The van der Waals surface area contributed by atoms with Crippen LogP contribution in [-0.4, -0.2) is 5.78 Å². The van der Waals surface area contributed by atoms with Gasteiger partial charge in [0, 0.05) is 27.4 Å². The summed E-state index contributed by atoms with van der Waals surface area (Å²) in [4.78, 5) is 24.3. The number of hydrogen-bond donors (Lipinski definition) is 0. The summed E-state index contributed by atoms with van der Waals surface area (Å²) in [7, 11) is 0. The van der Waals surface area contributed by atoms with Crippen LogP contribution < -0.4 is 5.63 Å². The van der Waals surface area contributed by atoms with Crippen LogP contribution in [0.4, 0.5) is 0 Å². The van der Waals surface area contributed by atoms with Crippen molar-refractivity contribution in [3.63, 3.8) is 0 Å². The highest BCUT2D eigenvalue weighted by atomic mass is 79.9. The normalized spacial score (nSPS) is 10.8. The maximum atomic E-state index is 12.2. The van der Waals surface area contributed by atoms with E-state index in [9.17, 15) is 9.59 Å². The Bertz CT molecular complexity index is 914. The molecule has 22 heavy (non-hydrogen) atoms. The number of rotatable bonds is 3. The van der Waals surface area contributed by atoms with Gasteiger partial charge in [-0.25, -0.2) is 4.79 Å². The van der Waals surface area contributed by atoms with Crippen LogP contribution in [0.1, 0.15) is 15.9 Å². The van der Waals surface area contributed by atoms with E-state index in [0.717, 1.165) is 9.86 Å². The van der Waals surface area contributed by atoms with E-state index in [4.69, 9.17) is 4.42 Å². The van der Waals surface area contributed by atoms with Gasteiger partial charge in [-0.2, -0.15) is 0 Å². The number of fused-ring (bicyclic) bond motifs is 1. The van der Waals surface area contributed by atoms with E-state index in [1.54, 1.807) is 36.4 Å². The molecule has 3 aromatic rings. The van der Waals surface area contributed by atoms with E-state index in [-0.39, 0.29) is 12.2 Å². The largest absolute Gasteiger partial charge is 0.421 e. The number of carbonyl (C=O) groups excluding carboxylic acids is 1. The fourth-order valence-electron chi connectivity index (χ4n) is 2.22. The first-order valence-electron chi connectivity index (χ1n) is 6.54. The summed E-state index contributed by atoms with van der Waals surface area (Å²) in [5.74, 6) is -0.110. The topological polar surface area (TPSA) is 47.3 Å². The van der Waals surface area contributed by atoms with Crippen LogP contribution in [0.3, 0.4) is 0 Å². The lowest BCUT2D eigenvalue weighted by Gasteiger charge is -2.04. The van der Waals surface area contributed by atoms with Crippen LogP contribution in [0.15, 0.2) is 66.7 Å². The number of ketones is 1. The molecule has 110 valence electrons. The maximum absolute atomic E-state index is 12.2. The monoisotopic (exact) mass is 420 g/mol. The lowest BCUT2D eigenvalue weighted by molar-refractivity contribution is 0.0992. The molecule has 0 saturated carbocycles. The average molecular weight is 422 g/mol. The van der Waals surface area contributed by atoms with Gasteiger partial charge in [-0.1, -0.05) is 46.3 Å². The molecule has 1 heterocycles. The molecule has 1 aromatic heterocycles. The minimum Gasteiger partial charge on any atom is -0.421 e. The molecule has 0 radical (unpaired) electrons. The van der Waals surface area contributed by atoms with Gasteiger partial charge < -0.3 is 4.42 Å². The van der Waals surface area contributed by atoms with Crippen molar-refractivity contribution in [1.82, 2.24) is 0 Å². The Kier molecular flexibility index (Phi) is 4.27. The molecule has 2 aromatic carbocycles. The number of benzene rings is 2. The Hall–Kier alpha value is -1.72. The molecule has 0 aliphatic rings. The summed E-state index contributed by atoms with van der Waals surface area (Å²) in [6.45, 7) is 0. The van der Waals surface area contributed by atoms with Crippen molar-refractivity contribution in [1.29, 1.82) is 0 Å². The van der Waals surface area contributed by atoms with Crippen molar-refractivity contribution in [2.45, 2.75) is 6.42 Å². The zero-order valence-electron chi connectivity index (χ0n) is 11.3. The summed E-state index contributed by atoms with van der Waals surface area (Å²) < 4.78 is 6.89. The van der Waals surface area contributed by atoms with Gasteiger partial charge in [0.15, 0.2) is 11.4 Å². The summed E-state index contributed by atoms with van der Waals surface area (Å²) in [6.07, 6.45) is 0.0203. The van der Waals surface area contributed by atoms with E-state index in [1.165, 1.54) is 0 Å². The van der Waals surface area contributed by atoms with Crippen molar-refractivity contribution in [3.8, 4) is 0 Å². The summed E-state index contributed by atoms with van der Waals surface area (Å²) >= 11 is 6.76. The van der Waals surface area contributed by atoms with Gasteiger partial charge in [-0.15, -0.1) is 0 Å². The summed E-state index contributed by atoms with van der Waals surface area (Å²) in [5, 5.41) is 0.761. The smallest absolute Gasteiger partial charge is 0.339 e.